The molecule has 0 heterocycles. The van der Waals surface area contributed by atoms with Gasteiger partial charge < -0.3 is 16.0 Å². The molecule has 0 saturated heterocycles. The molecule has 1 fully saturated rings. The molecule has 0 unspecified atom stereocenters. The second-order valence-corrected chi connectivity index (χ2v) is 5.41. The zero-order valence-corrected chi connectivity index (χ0v) is 12.5. The number of carbonyl (C=O) groups excluding carboxylic acids is 1. The maximum Gasteiger partial charge on any atom is 0.220 e. The molecule has 1 aromatic rings. The van der Waals surface area contributed by atoms with Gasteiger partial charge in [-0.15, -0.1) is 0 Å². The van der Waals surface area contributed by atoms with Crippen LogP contribution in [0.3, 0.4) is 0 Å². The summed E-state index contributed by atoms with van der Waals surface area (Å²) in [5, 5.41) is 3.01. The molecule has 1 amide bonds. The summed E-state index contributed by atoms with van der Waals surface area (Å²) in [5.74, 6) is 0.152. The van der Waals surface area contributed by atoms with Crippen LogP contribution in [0.5, 0.6) is 0 Å². The van der Waals surface area contributed by atoms with E-state index >= 15 is 0 Å². The van der Waals surface area contributed by atoms with Crippen molar-refractivity contribution in [2.75, 3.05) is 23.7 Å². The number of nitrogens with zero attached hydrogens (tertiary/aromatic N) is 1. The van der Waals surface area contributed by atoms with Gasteiger partial charge in [-0.05, 0) is 50.8 Å². The topological polar surface area (TPSA) is 58.4 Å². The number of amides is 1. The van der Waals surface area contributed by atoms with E-state index in [4.69, 9.17) is 5.73 Å². The zero-order valence-electron chi connectivity index (χ0n) is 12.5. The van der Waals surface area contributed by atoms with Crippen molar-refractivity contribution in [1.29, 1.82) is 0 Å². The summed E-state index contributed by atoms with van der Waals surface area (Å²) >= 11 is 0. The number of benzene rings is 1. The van der Waals surface area contributed by atoms with E-state index in [2.05, 4.69) is 36.2 Å². The molecule has 0 spiro atoms. The van der Waals surface area contributed by atoms with Gasteiger partial charge in [0.2, 0.25) is 5.91 Å². The molecule has 2 rings (SSSR count). The van der Waals surface area contributed by atoms with Crippen molar-refractivity contribution in [2.24, 2.45) is 0 Å². The quantitative estimate of drug-likeness (QED) is 0.751. The summed E-state index contributed by atoms with van der Waals surface area (Å²) in [6, 6.07) is 6.58. The van der Waals surface area contributed by atoms with Crippen molar-refractivity contribution in [3.8, 4) is 0 Å². The normalized spacial score (nSPS) is 14.1. The average Bonchev–Trinajstić information content (AvgIpc) is 3.24. The monoisotopic (exact) mass is 275 g/mol. The largest absolute Gasteiger partial charge is 0.397 e. The van der Waals surface area contributed by atoms with E-state index in [-0.39, 0.29) is 5.91 Å². The molecule has 3 N–H and O–H groups in total. The van der Waals surface area contributed by atoms with Gasteiger partial charge in [-0.3, -0.25) is 4.79 Å². The third kappa shape index (κ3) is 3.89. The number of nitrogens with one attached hydrogen (secondary N) is 1. The van der Waals surface area contributed by atoms with Crippen LogP contribution in [0.15, 0.2) is 18.2 Å². The maximum absolute atomic E-state index is 11.7. The highest BCUT2D eigenvalue weighted by atomic mass is 16.1. The first-order valence-electron chi connectivity index (χ1n) is 7.56. The molecule has 0 atom stereocenters. The SMILES string of the molecule is CCN(CC)c1ccc(CCC(=O)NC2CC2)cc1N. The Morgan fingerprint density at radius 1 is 1.35 bits per heavy atom. The number of aryl methyl sites for hydroxylation is 1. The summed E-state index contributed by atoms with van der Waals surface area (Å²) < 4.78 is 0. The number of anilines is 2. The van der Waals surface area contributed by atoms with Gasteiger partial charge in [0, 0.05) is 25.6 Å². The molecule has 0 bridgehead atoms. The molecule has 110 valence electrons. The third-order valence-corrected chi connectivity index (χ3v) is 3.78. The van der Waals surface area contributed by atoms with Crippen LogP contribution in [0, 0.1) is 0 Å². The smallest absolute Gasteiger partial charge is 0.220 e. The Morgan fingerprint density at radius 2 is 2.05 bits per heavy atom. The second-order valence-electron chi connectivity index (χ2n) is 5.41. The summed E-state index contributed by atoms with van der Waals surface area (Å²) in [6.07, 6.45) is 3.57. The Labute approximate surface area is 121 Å². The first-order chi connectivity index (χ1) is 9.63. The summed E-state index contributed by atoms with van der Waals surface area (Å²) in [7, 11) is 0. The first kappa shape index (κ1) is 14.7. The van der Waals surface area contributed by atoms with Crippen LogP contribution in [0.25, 0.3) is 0 Å². The van der Waals surface area contributed by atoms with Crippen LogP contribution in [0.1, 0.15) is 38.7 Å². The number of carbonyl (C=O) groups is 1. The van der Waals surface area contributed by atoms with E-state index in [1.165, 1.54) is 0 Å². The Morgan fingerprint density at radius 3 is 2.60 bits per heavy atom. The van der Waals surface area contributed by atoms with Crippen LogP contribution < -0.4 is 16.0 Å². The third-order valence-electron chi connectivity index (χ3n) is 3.78. The summed E-state index contributed by atoms with van der Waals surface area (Å²) in [5.41, 5.74) is 9.14. The van der Waals surface area contributed by atoms with E-state index in [0.29, 0.717) is 12.5 Å². The first-order valence-corrected chi connectivity index (χ1v) is 7.56. The van der Waals surface area contributed by atoms with Crippen molar-refractivity contribution in [2.45, 2.75) is 45.6 Å². The molecule has 1 aliphatic rings. The fraction of sp³-hybridized carbons (Fsp3) is 0.562. The van der Waals surface area contributed by atoms with Gasteiger partial charge in [0.15, 0.2) is 0 Å². The van der Waals surface area contributed by atoms with E-state index in [1.807, 2.05) is 6.07 Å². The molecule has 0 radical (unpaired) electrons. The van der Waals surface area contributed by atoms with E-state index in [0.717, 1.165) is 49.3 Å². The molecule has 1 saturated carbocycles. The van der Waals surface area contributed by atoms with Crippen molar-refractivity contribution >= 4 is 17.3 Å². The number of hydrogen-bond donors (Lipinski definition) is 2. The predicted molar refractivity (Wildman–Crippen MR) is 83.9 cm³/mol. The maximum atomic E-state index is 11.7. The minimum atomic E-state index is 0.152. The van der Waals surface area contributed by atoms with E-state index in [1.54, 1.807) is 0 Å². The molecule has 4 heteroatoms. The Bertz CT molecular complexity index is 465. The van der Waals surface area contributed by atoms with Gasteiger partial charge in [0.1, 0.15) is 0 Å². The Balaban J connectivity index is 1.92. The van der Waals surface area contributed by atoms with Gasteiger partial charge in [0.05, 0.1) is 11.4 Å². The number of rotatable bonds is 7. The minimum absolute atomic E-state index is 0.152. The van der Waals surface area contributed by atoms with Gasteiger partial charge in [0.25, 0.3) is 0 Å². The van der Waals surface area contributed by atoms with Gasteiger partial charge >= 0.3 is 0 Å². The number of nitrogens with two attached hydrogens (primary N) is 1. The fourth-order valence-corrected chi connectivity index (χ4v) is 2.40. The van der Waals surface area contributed by atoms with Crippen LogP contribution >= 0.6 is 0 Å². The van der Waals surface area contributed by atoms with Gasteiger partial charge in [-0.25, -0.2) is 0 Å². The van der Waals surface area contributed by atoms with Crippen LogP contribution in [-0.4, -0.2) is 25.0 Å². The molecule has 0 aromatic heterocycles. The highest BCUT2D eigenvalue weighted by molar-refractivity contribution is 5.77. The fourth-order valence-electron chi connectivity index (χ4n) is 2.40. The zero-order chi connectivity index (χ0) is 14.5. The lowest BCUT2D eigenvalue weighted by Gasteiger charge is -2.23. The van der Waals surface area contributed by atoms with Crippen LogP contribution in [0.4, 0.5) is 11.4 Å². The molecule has 0 aliphatic heterocycles. The van der Waals surface area contributed by atoms with Crippen molar-refractivity contribution in [3.63, 3.8) is 0 Å². The average molecular weight is 275 g/mol. The highest BCUT2D eigenvalue weighted by Gasteiger charge is 2.22. The predicted octanol–water partition coefficient (Wildman–Crippen LogP) is 2.33. The van der Waals surface area contributed by atoms with Crippen molar-refractivity contribution < 1.29 is 4.79 Å². The summed E-state index contributed by atoms with van der Waals surface area (Å²) in [4.78, 5) is 13.9. The minimum Gasteiger partial charge on any atom is -0.397 e. The number of nitrogen functional groups attached to an aromatic ring is 1. The van der Waals surface area contributed by atoms with Crippen LogP contribution in [0.2, 0.25) is 0 Å². The highest BCUT2D eigenvalue weighted by Crippen LogP contribution is 2.25. The lowest BCUT2D eigenvalue weighted by molar-refractivity contribution is -0.121. The number of hydrogen-bond acceptors (Lipinski definition) is 3. The lowest BCUT2D eigenvalue weighted by atomic mass is 10.1. The molecule has 1 aliphatic carbocycles. The standard InChI is InChI=1S/C16H25N3O/c1-3-19(4-2)15-9-5-12(11-14(15)17)6-10-16(20)18-13-7-8-13/h5,9,11,13H,3-4,6-8,10,17H2,1-2H3,(H,18,20). The molecule has 4 nitrogen and oxygen atoms in total. The van der Waals surface area contributed by atoms with E-state index < -0.39 is 0 Å². The van der Waals surface area contributed by atoms with Crippen LogP contribution in [-0.2, 0) is 11.2 Å². The molecular weight excluding hydrogens is 250 g/mol. The second kappa shape index (κ2) is 6.64. The lowest BCUT2D eigenvalue weighted by Crippen LogP contribution is -2.25. The van der Waals surface area contributed by atoms with Crippen molar-refractivity contribution in [3.05, 3.63) is 23.8 Å². The Hall–Kier alpha value is -1.71. The summed E-state index contributed by atoms with van der Waals surface area (Å²) in [6.45, 7) is 6.14. The molecule has 20 heavy (non-hydrogen) atoms. The molecule has 1 aromatic carbocycles. The van der Waals surface area contributed by atoms with Crippen molar-refractivity contribution in [1.82, 2.24) is 5.32 Å². The van der Waals surface area contributed by atoms with Gasteiger partial charge in [-0.2, -0.15) is 0 Å². The molecular formula is C16H25N3O. The Kier molecular flexibility index (Phi) is 4.88. The van der Waals surface area contributed by atoms with Gasteiger partial charge in [-0.1, -0.05) is 6.07 Å². The van der Waals surface area contributed by atoms with E-state index in [9.17, 15) is 4.79 Å².